The van der Waals surface area contributed by atoms with Crippen LogP contribution in [0.2, 0.25) is 0 Å². The molecule has 0 unspecified atom stereocenters. The Morgan fingerprint density at radius 2 is 1.84 bits per heavy atom. The molecule has 1 atom stereocenters. The second-order valence-corrected chi connectivity index (χ2v) is 6.35. The molecule has 0 saturated carbocycles. The molecule has 5 nitrogen and oxygen atoms in total. The molecule has 0 aliphatic carbocycles. The van der Waals surface area contributed by atoms with Crippen LogP contribution < -0.4 is 15.0 Å². The van der Waals surface area contributed by atoms with Gasteiger partial charge in [0.25, 0.3) is 5.91 Å². The summed E-state index contributed by atoms with van der Waals surface area (Å²) in [4.78, 5) is 26.2. The van der Waals surface area contributed by atoms with Gasteiger partial charge in [0, 0.05) is 36.7 Å². The topological polar surface area (TPSA) is 58.6 Å². The fourth-order valence-corrected chi connectivity index (χ4v) is 2.97. The van der Waals surface area contributed by atoms with Gasteiger partial charge in [-0.3, -0.25) is 9.59 Å². The van der Waals surface area contributed by atoms with Gasteiger partial charge >= 0.3 is 0 Å². The zero-order valence-electron chi connectivity index (χ0n) is 14.5. The first-order valence-electron chi connectivity index (χ1n) is 8.36. The molecule has 3 rings (SSSR count). The van der Waals surface area contributed by atoms with Crippen LogP contribution in [-0.2, 0) is 4.79 Å². The predicted octanol–water partition coefficient (Wildman–Crippen LogP) is 2.79. The number of ether oxygens (including phenoxy) is 1. The van der Waals surface area contributed by atoms with Crippen molar-refractivity contribution in [2.24, 2.45) is 5.92 Å². The Labute approximate surface area is 147 Å². The molecule has 0 bridgehead atoms. The van der Waals surface area contributed by atoms with Crippen LogP contribution in [0, 0.1) is 12.8 Å². The molecular weight excluding hydrogens is 316 g/mol. The molecule has 0 radical (unpaired) electrons. The molecule has 0 aromatic heterocycles. The number of benzene rings is 2. The number of methoxy groups -OCH3 is 1. The van der Waals surface area contributed by atoms with Crippen LogP contribution in [0.5, 0.6) is 5.75 Å². The summed E-state index contributed by atoms with van der Waals surface area (Å²) in [5.74, 6) is 0.858. The predicted molar refractivity (Wildman–Crippen MR) is 97.0 cm³/mol. The molecule has 1 aliphatic rings. The number of carbonyl (C=O) groups excluding carboxylic acids is 2. The number of nitrogens with one attached hydrogen (secondary N) is 1. The third kappa shape index (κ3) is 3.99. The Morgan fingerprint density at radius 3 is 2.48 bits per heavy atom. The summed E-state index contributed by atoms with van der Waals surface area (Å²) >= 11 is 0. The van der Waals surface area contributed by atoms with Gasteiger partial charge in [-0.2, -0.15) is 0 Å². The van der Waals surface area contributed by atoms with E-state index in [1.165, 1.54) is 0 Å². The summed E-state index contributed by atoms with van der Waals surface area (Å²) < 4.78 is 5.14. The van der Waals surface area contributed by atoms with Crippen molar-refractivity contribution < 1.29 is 14.3 Å². The molecule has 1 aliphatic heterocycles. The van der Waals surface area contributed by atoms with E-state index in [9.17, 15) is 9.59 Å². The number of carbonyl (C=O) groups is 2. The Balaban J connectivity index is 1.57. The van der Waals surface area contributed by atoms with E-state index in [-0.39, 0.29) is 17.7 Å². The zero-order chi connectivity index (χ0) is 17.8. The molecule has 2 aromatic carbocycles. The largest absolute Gasteiger partial charge is 0.497 e. The fraction of sp³-hybridized carbons (Fsp3) is 0.300. The van der Waals surface area contributed by atoms with Crippen molar-refractivity contribution in [3.63, 3.8) is 0 Å². The van der Waals surface area contributed by atoms with Gasteiger partial charge in [-0.25, -0.2) is 0 Å². The Morgan fingerprint density at radius 1 is 1.16 bits per heavy atom. The number of rotatable bonds is 5. The highest BCUT2D eigenvalue weighted by Gasteiger charge is 2.30. The summed E-state index contributed by atoms with van der Waals surface area (Å²) in [6, 6.07) is 14.9. The lowest BCUT2D eigenvalue weighted by atomic mass is 10.1. The lowest BCUT2D eigenvalue weighted by Gasteiger charge is -2.17. The van der Waals surface area contributed by atoms with Crippen molar-refractivity contribution in [2.45, 2.75) is 13.3 Å². The lowest BCUT2D eigenvalue weighted by molar-refractivity contribution is -0.117. The summed E-state index contributed by atoms with van der Waals surface area (Å²) in [6.45, 7) is 3.09. The number of anilines is 1. The van der Waals surface area contributed by atoms with Crippen LogP contribution in [0.1, 0.15) is 22.3 Å². The molecule has 1 N–H and O–H groups in total. The number of nitrogens with zero attached hydrogens (tertiary/aromatic N) is 1. The highest BCUT2D eigenvalue weighted by molar-refractivity contribution is 5.96. The second-order valence-electron chi connectivity index (χ2n) is 6.35. The number of amides is 2. The minimum absolute atomic E-state index is 0.0831. The first kappa shape index (κ1) is 17.0. The highest BCUT2D eigenvalue weighted by atomic mass is 16.5. The van der Waals surface area contributed by atoms with Gasteiger partial charge in [0.1, 0.15) is 5.75 Å². The van der Waals surface area contributed by atoms with Crippen LogP contribution in [0.3, 0.4) is 0 Å². The molecule has 5 heteroatoms. The average Bonchev–Trinajstić information content (AvgIpc) is 3.01. The standard InChI is InChI=1S/C20H22N2O3/c1-14-3-5-16(6-4-14)20(24)21-12-15-11-19(23)22(13-15)17-7-9-18(25-2)10-8-17/h3-10,15H,11-13H2,1-2H3,(H,21,24)/t15-/m1/s1. The van der Waals surface area contributed by atoms with Gasteiger partial charge in [0.05, 0.1) is 7.11 Å². The van der Waals surface area contributed by atoms with E-state index in [1.54, 1.807) is 12.0 Å². The monoisotopic (exact) mass is 338 g/mol. The second kappa shape index (κ2) is 7.38. The Bertz CT molecular complexity index is 754. The number of aryl methyl sites for hydroxylation is 1. The van der Waals surface area contributed by atoms with Gasteiger partial charge in [-0.15, -0.1) is 0 Å². The quantitative estimate of drug-likeness (QED) is 0.912. The molecule has 0 spiro atoms. The minimum Gasteiger partial charge on any atom is -0.497 e. The van der Waals surface area contributed by atoms with Crippen LogP contribution in [-0.4, -0.2) is 32.0 Å². The molecule has 2 aromatic rings. The van der Waals surface area contributed by atoms with Crippen LogP contribution in [0.4, 0.5) is 5.69 Å². The van der Waals surface area contributed by atoms with Gasteiger partial charge in [0.15, 0.2) is 0 Å². The van der Waals surface area contributed by atoms with Crippen molar-refractivity contribution in [3.05, 3.63) is 59.7 Å². The van der Waals surface area contributed by atoms with Gasteiger partial charge in [-0.05, 0) is 43.3 Å². The van der Waals surface area contributed by atoms with Crippen LogP contribution in [0.25, 0.3) is 0 Å². The highest BCUT2D eigenvalue weighted by Crippen LogP contribution is 2.26. The number of hydrogen-bond donors (Lipinski definition) is 1. The third-order valence-electron chi connectivity index (χ3n) is 4.45. The van der Waals surface area contributed by atoms with E-state index in [1.807, 2.05) is 55.5 Å². The van der Waals surface area contributed by atoms with E-state index < -0.39 is 0 Å². The van der Waals surface area contributed by atoms with E-state index in [2.05, 4.69) is 5.32 Å². The fourth-order valence-electron chi connectivity index (χ4n) is 2.97. The van der Waals surface area contributed by atoms with Crippen LogP contribution in [0.15, 0.2) is 48.5 Å². The molecule has 130 valence electrons. The molecule has 2 amide bonds. The van der Waals surface area contributed by atoms with E-state index >= 15 is 0 Å². The third-order valence-corrected chi connectivity index (χ3v) is 4.45. The average molecular weight is 338 g/mol. The van der Waals surface area contributed by atoms with Crippen molar-refractivity contribution in [3.8, 4) is 5.75 Å². The molecule has 1 heterocycles. The molecule has 1 fully saturated rings. The zero-order valence-corrected chi connectivity index (χ0v) is 14.5. The van der Waals surface area contributed by atoms with Gasteiger partial charge in [0.2, 0.25) is 5.91 Å². The summed E-state index contributed by atoms with van der Waals surface area (Å²) in [5.41, 5.74) is 2.62. The maximum absolute atomic E-state index is 12.3. The van der Waals surface area contributed by atoms with Crippen molar-refractivity contribution in [1.29, 1.82) is 0 Å². The number of hydrogen-bond acceptors (Lipinski definition) is 3. The van der Waals surface area contributed by atoms with Gasteiger partial charge in [-0.1, -0.05) is 17.7 Å². The van der Waals surface area contributed by atoms with Crippen molar-refractivity contribution in [1.82, 2.24) is 5.32 Å². The Hall–Kier alpha value is -2.82. The van der Waals surface area contributed by atoms with E-state index in [0.717, 1.165) is 17.0 Å². The first-order valence-corrected chi connectivity index (χ1v) is 8.36. The minimum atomic E-state index is -0.102. The SMILES string of the molecule is COc1ccc(N2C[C@@H](CNC(=O)c3ccc(C)cc3)CC2=O)cc1. The van der Waals surface area contributed by atoms with E-state index in [0.29, 0.717) is 25.1 Å². The Kier molecular flexibility index (Phi) is 5.03. The maximum atomic E-state index is 12.3. The summed E-state index contributed by atoms with van der Waals surface area (Å²) in [5, 5.41) is 2.93. The van der Waals surface area contributed by atoms with Gasteiger partial charge < -0.3 is 15.0 Å². The van der Waals surface area contributed by atoms with Crippen LogP contribution >= 0.6 is 0 Å². The summed E-state index contributed by atoms with van der Waals surface area (Å²) in [7, 11) is 1.61. The smallest absolute Gasteiger partial charge is 0.251 e. The normalized spacial score (nSPS) is 16.8. The lowest BCUT2D eigenvalue weighted by Crippen LogP contribution is -2.31. The first-order chi connectivity index (χ1) is 12.1. The van der Waals surface area contributed by atoms with Crippen molar-refractivity contribution in [2.75, 3.05) is 25.1 Å². The molecular formula is C20H22N2O3. The molecule has 25 heavy (non-hydrogen) atoms. The van der Waals surface area contributed by atoms with E-state index in [4.69, 9.17) is 4.74 Å². The maximum Gasteiger partial charge on any atom is 0.251 e. The van der Waals surface area contributed by atoms with Crippen molar-refractivity contribution >= 4 is 17.5 Å². The molecule has 1 saturated heterocycles. The summed E-state index contributed by atoms with van der Waals surface area (Å²) in [6.07, 6.45) is 0.445.